The molecule has 0 bridgehead atoms. The summed E-state index contributed by atoms with van der Waals surface area (Å²) in [5.74, 6) is 0. The third-order valence-electron chi connectivity index (χ3n) is 5.67. The number of nitro benzene ring substituents is 1. The lowest BCUT2D eigenvalue weighted by molar-refractivity contribution is -0.384. The highest BCUT2D eigenvalue weighted by atomic mass is 32.1. The fourth-order valence-electron chi connectivity index (χ4n) is 4.04. The number of anilines is 1. The number of para-hydroxylation sites is 1. The van der Waals surface area contributed by atoms with Gasteiger partial charge in [0.25, 0.3) is 5.69 Å². The van der Waals surface area contributed by atoms with Crippen molar-refractivity contribution >= 4 is 44.6 Å². The van der Waals surface area contributed by atoms with E-state index in [1.807, 2.05) is 31.3 Å². The molecule has 1 aromatic heterocycles. The van der Waals surface area contributed by atoms with E-state index in [4.69, 9.17) is 0 Å². The third kappa shape index (κ3) is 4.05. The lowest BCUT2D eigenvalue weighted by atomic mass is 9.93. The SMILES string of the molecule is CN(c1ccc([N+](=O)[O-])cc1/C=C(/C#N)c1nc2ccccc2s1)C1CCCCC1. The van der Waals surface area contributed by atoms with Gasteiger partial charge in [-0.3, -0.25) is 10.1 Å². The molecule has 0 N–H and O–H groups in total. The van der Waals surface area contributed by atoms with Gasteiger partial charge in [-0.1, -0.05) is 31.4 Å². The zero-order valence-electron chi connectivity index (χ0n) is 16.7. The molecule has 1 heterocycles. The van der Waals surface area contributed by atoms with Crippen LogP contribution in [0.1, 0.15) is 42.7 Å². The molecule has 0 spiro atoms. The molecule has 0 unspecified atom stereocenters. The van der Waals surface area contributed by atoms with Gasteiger partial charge in [-0.15, -0.1) is 11.3 Å². The Balaban J connectivity index is 1.78. The van der Waals surface area contributed by atoms with Gasteiger partial charge in [-0.25, -0.2) is 4.98 Å². The van der Waals surface area contributed by atoms with Crippen molar-refractivity contribution in [3.8, 4) is 6.07 Å². The van der Waals surface area contributed by atoms with Crippen LogP contribution in [0.2, 0.25) is 0 Å². The zero-order chi connectivity index (χ0) is 21.1. The molecule has 7 heteroatoms. The Hall–Kier alpha value is -3.24. The van der Waals surface area contributed by atoms with Crippen molar-refractivity contribution in [2.75, 3.05) is 11.9 Å². The van der Waals surface area contributed by atoms with Gasteiger partial charge in [0, 0.05) is 36.5 Å². The summed E-state index contributed by atoms with van der Waals surface area (Å²) < 4.78 is 1.01. The Morgan fingerprint density at radius 3 is 2.73 bits per heavy atom. The normalized spacial score (nSPS) is 15.1. The van der Waals surface area contributed by atoms with E-state index in [1.54, 1.807) is 18.2 Å². The molecule has 1 fully saturated rings. The van der Waals surface area contributed by atoms with Crippen LogP contribution >= 0.6 is 11.3 Å². The lowest BCUT2D eigenvalue weighted by Crippen LogP contribution is -2.33. The van der Waals surface area contributed by atoms with E-state index >= 15 is 0 Å². The number of nitriles is 1. The van der Waals surface area contributed by atoms with Gasteiger partial charge in [0.1, 0.15) is 11.1 Å². The standard InChI is InChI=1S/C23H22N4O2S/c1-26(18-7-3-2-4-8-18)21-12-11-19(27(28)29)14-16(21)13-17(15-24)23-25-20-9-5-6-10-22(20)30-23/h5-6,9-14,18H,2-4,7-8H2,1H3/b17-13-. The number of non-ortho nitro benzene ring substituents is 1. The van der Waals surface area contributed by atoms with Gasteiger partial charge < -0.3 is 4.90 Å². The molecular weight excluding hydrogens is 396 g/mol. The number of thiazole rings is 1. The molecule has 0 amide bonds. The average molecular weight is 419 g/mol. The first-order chi connectivity index (χ1) is 14.6. The Bertz CT molecular complexity index is 1120. The summed E-state index contributed by atoms with van der Waals surface area (Å²) in [6.45, 7) is 0. The smallest absolute Gasteiger partial charge is 0.270 e. The first kappa shape index (κ1) is 20.0. The van der Waals surface area contributed by atoms with Gasteiger partial charge in [0.2, 0.25) is 0 Å². The molecule has 0 aliphatic heterocycles. The highest BCUT2D eigenvalue weighted by Gasteiger charge is 2.22. The van der Waals surface area contributed by atoms with Gasteiger partial charge in [-0.2, -0.15) is 5.26 Å². The molecule has 1 saturated carbocycles. The second-order valence-electron chi connectivity index (χ2n) is 7.56. The summed E-state index contributed by atoms with van der Waals surface area (Å²) in [7, 11) is 2.04. The summed E-state index contributed by atoms with van der Waals surface area (Å²) in [5.41, 5.74) is 2.85. The molecule has 6 nitrogen and oxygen atoms in total. The van der Waals surface area contributed by atoms with Gasteiger partial charge in [0.15, 0.2) is 0 Å². The number of nitro groups is 1. The fraction of sp³-hybridized carbons (Fsp3) is 0.304. The number of hydrogen-bond donors (Lipinski definition) is 0. The largest absolute Gasteiger partial charge is 0.371 e. The topological polar surface area (TPSA) is 83.1 Å². The number of benzene rings is 2. The summed E-state index contributed by atoms with van der Waals surface area (Å²) >= 11 is 1.45. The Kier molecular flexibility index (Phi) is 5.77. The Morgan fingerprint density at radius 2 is 2.03 bits per heavy atom. The minimum atomic E-state index is -0.397. The summed E-state index contributed by atoms with van der Waals surface area (Å²) in [4.78, 5) is 17.8. The van der Waals surface area contributed by atoms with Crippen molar-refractivity contribution in [1.29, 1.82) is 5.26 Å². The molecule has 2 aromatic carbocycles. The predicted octanol–water partition coefficient (Wildman–Crippen LogP) is 6.04. The van der Waals surface area contributed by atoms with Crippen LogP contribution in [0.3, 0.4) is 0 Å². The molecule has 30 heavy (non-hydrogen) atoms. The molecule has 0 atom stereocenters. The Morgan fingerprint density at radius 1 is 1.27 bits per heavy atom. The van der Waals surface area contributed by atoms with Crippen LogP contribution in [0.15, 0.2) is 42.5 Å². The van der Waals surface area contributed by atoms with Gasteiger partial charge in [0.05, 0.1) is 20.7 Å². The maximum atomic E-state index is 11.4. The molecule has 1 aliphatic rings. The number of allylic oxidation sites excluding steroid dienone is 1. The van der Waals surface area contributed by atoms with Crippen molar-refractivity contribution in [2.45, 2.75) is 38.1 Å². The third-order valence-corrected chi connectivity index (χ3v) is 6.74. The predicted molar refractivity (Wildman–Crippen MR) is 121 cm³/mol. The highest BCUT2D eigenvalue weighted by molar-refractivity contribution is 7.19. The van der Waals surface area contributed by atoms with Crippen molar-refractivity contribution in [3.63, 3.8) is 0 Å². The van der Waals surface area contributed by atoms with Crippen LogP contribution in [0.25, 0.3) is 21.9 Å². The second kappa shape index (κ2) is 8.64. The van der Waals surface area contributed by atoms with Crippen LogP contribution in [-0.4, -0.2) is 23.0 Å². The van der Waals surface area contributed by atoms with Gasteiger partial charge in [-0.05, 0) is 37.1 Å². The van der Waals surface area contributed by atoms with Crippen LogP contribution in [0.5, 0.6) is 0 Å². The number of fused-ring (bicyclic) bond motifs is 1. The first-order valence-electron chi connectivity index (χ1n) is 10.1. The number of nitrogens with zero attached hydrogens (tertiary/aromatic N) is 4. The number of rotatable bonds is 5. The maximum Gasteiger partial charge on any atom is 0.270 e. The van der Waals surface area contributed by atoms with Crippen LogP contribution < -0.4 is 4.90 Å². The minimum Gasteiger partial charge on any atom is -0.371 e. The molecular formula is C23H22N4O2S. The summed E-state index contributed by atoms with van der Waals surface area (Å²) in [6, 6.07) is 15.3. The zero-order valence-corrected chi connectivity index (χ0v) is 17.6. The van der Waals surface area contributed by atoms with Crippen LogP contribution in [-0.2, 0) is 0 Å². The van der Waals surface area contributed by atoms with E-state index in [9.17, 15) is 15.4 Å². The average Bonchev–Trinajstić information content (AvgIpc) is 3.21. The molecule has 1 aliphatic carbocycles. The molecule has 0 saturated heterocycles. The van der Waals surface area contributed by atoms with E-state index in [0.717, 1.165) is 28.7 Å². The fourth-order valence-corrected chi connectivity index (χ4v) is 4.97. The van der Waals surface area contributed by atoms with E-state index in [1.165, 1.54) is 36.7 Å². The summed E-state index contributed by atoms with van der Waals surface area (Å²) in [6.07, 6.45) is 7.61. The number of aromatic nitrogens is 1. The molecule has 3 aromatic rings. The van der Waals surface area contributed by atoms with Crippen LogP contribution in [0, 0.1) is 21.4 Å². The van der Waals surface area contributed by atoms with E-state index in [2.05, 4.69) is 16.0 Å². The second-order valence-corrected chi connectivity index (χ2v) is 8.59. The van der Waals surface area contributed by atoms with E-state index in [-0.39, 0.29) is 5.69 Å². The van der Waals surface area contributed by atoms with Crippen molar-refractivity contribution in [1.82, 2.24) is 4.98 Å². The van der Waals surface area contributed by atoms with Crippen molar-refractivity contribution in [3.05, 3.63) is 63.1 Å². The number of hydrogen-bond acceptors (Lipinski definition) is 6. The monoisotopic (exact) mass is 418 g/mol. The van der Waals surface area contributed by atoms with Crippen LogP contribution in [0.4, 0.5) is 11.4 Å². The lowest BCUT2D eigenvalue weighted by Gasteiger charge is -2.33. The minimum absolute atomic E-state index is 0.0173. The first-order valence-corrected chi connectivity index (χ1v) is 10.9. The highest BCUT2D eigenvalue weighted by Crippen LogP contribution is 2.34. The maximum absolute atomic E-state index is 11.4. The van der Waals surface area contributed by atoms with Crippen molar-refractivity contribution in [2.24, 2.45) is 0 Å². The summed E-state index contributed by atoms with van der Waals surface area (Å²) in [5, 5.41) is 21.8. The van der Waals surface area contributed by atoms with Crippen molar-refractivity contribution < 1.29 is 4.92 Å². The van der Waals surface area contributed by atoms with E-state index in [0.29, 0.717) is 22.2 Å². The molecule has 0 radical (unpaired) electrons. The quantitative estimate of drug-likeness (QED) is 0.287. The van der Waals surface area contributed by atoms with Gasteiger partial charge >= 0.3 is 0 Å². The van der Waals surface area contributed by atoms with E-state index < -0.39 is 4.92 Å². The Labute approximate surface area is 179 Å². The molecule has 4 rings (SSSR count). The molecule has 152 valence electrons.